The van der Waals surface area contributed by atoms with Crippen LogP contribution in [0.25, 0.3) is 40.9 Å². The molecule has 0 aliphatic rings. The topological polar surface area (TPSA) is 111 Å². The van der Waals surface area contributed by atoms with E-state index in [4.69, 9.17) is 0 Å². The molecule has 6 aromatic rings. The Hall–Kier alpha value is -3.38. The molecule has 6 rings (SSSR count). The minimum atomic E-state index is 0.935. The zero-order valence-corrected chi connectivity index (χ0v) is 24.9. The van der Waals surface area contributed by atoms with E-state index in [-0.39, 0.29) is 0 Å². The van der Waals surface area contributed by atoms with E-state index < -0.39 is 0 Å². The molecule has 2 N–H and O–H groups in total. The molecule has 0 spiro atoms. The minimum absolute atomic E-state index is 0.935. The summed E-state index contributed by atoms with van der Waals surface area (Å²) in [6, 6.07) is 0. The number of aromatic nitrogens is 8. The summed E-state index contributed by atoms with van der Waals surface area (Å²) in [6.07, 6.45) is 2.18. The Morgan fingerprint density at radius 1 is 0.684 bits per heavy atom. The van der Waals surface area contributed by atoms with E-state index in [1.165, 1.54) is 25.9 Å². The van der Waals surface area contributed by atoms with E-state index in [1.54, 1.807) is 22.7 Å². The van der Waals surface area contributed by atoms with Crippen molar-refractivity contribution in [3.8, 4) is 0 Å². The molecule has 0 aliphatic carbocycles. The van der Waals surface area contributed by atoms with E-state index in [1.807, 2.05) is 37.3 Å². The summed E-state index contributed by atoms with van der Waals surface area (Å²) in [4.78, 5) is 1.96. The van der Waals surface area contributed by atoms with Crippen LogP contribution in [-0.2, 0) is 14.1 Å². The zero-order chi connectivity index (χ0) is 27.1. The molecule has 0 aromatic carbocycles. The number of nitrogens with one attached hydrogen (secondary N) is 2. The van der Waals surface area contributed by atoms with Crippen LogP contribution in [0.15, 0.2) is 0 Å². The summed E-state index contributed by atoms with van der Waals surface area (Å²) in [5.74, 6) is 2.04. The maximum atomic E-state index is 4.65. The number of rotatable bonds is 6. The summed E-state index contributed by atoms with van der Waals surface area (Å²) < 4.78 is 6.22. The van der Waals surface area contributed by atoms with Gasteiger partial charge in [0.1, 0.15) is 21.0 Å². The van der Waals surface area contributed by atoms with Crippen molar-refractivity contribution in [2.45, 2.75) is 54.4 Å². The molecular formula is C26H34N10S2. The molecule has 6 heterocycles. The second-order valence-electron chi connectivity index (χ2n) is 9.54. The Kier molecular flexibility index (Phi) is 7.19. The van der Waals surface area contributed by atoms with Crippen LogP contribution < -0.4 is 10.6 Å². The van der Waals surface area contributed by atoms with Crippen molar-refractivity contribution >= 4 is 75.2 Å². The van der Waals surface area contributed by atoms with Crippen LogP contribution in [0.5, 0.6) is 0 Å². The summed E-state index contributed by atoms with van der Waals surface area (Å²) in [5.41, 5.74) is 6.53. The van der Waals surface area contributed by atoms with E-state index in [0.717, 1.165) is 75.0 Å². The van der Waals surface area contributed by atoms with Gasteiger partial charge in [0.25, 0.3) is 0 Å². The smallest absolute Gasteiger partial charge is 0.166 e. The number of thiophene rings is 2. The van der Waals surface area contributed by atoms with Crippen LogP contribution in [0.4, 0.5) is 11.6 Å². The van der Waals surface area contributed by atoms with E-state index in [9.17, 15) is 0 Å². The van der Waals surface area contributed by atoms with Crippen LogP contribution in [0.1, 0.15) is 49.2 Å². The standard InChI is InChI=1S/2C13H17N5S/c1-5-6-14-12-11-10(18(4)17-12)9-7(2)8(3)15-16-13(9)19-11;1-5-6-14-12-11-10(17-18(12)4)9-7(2)8(3)15-16-13(9)19-11/h5-6H2,1-4H3,(H,14,17);14H,5-6H2,1-4H3. The molecular weight excluding hydrogens is 516 g/mol. The molecule has 0 saturated carbocycles. The number of nitrogens with zero attached hydrogens (tertiary/aromatic N) is 8. The summed E-state index contributed by atoms with van der Waals surface area (Å²) >= 11 is 3.33. The van der Waals surface area contributed by atoms with Gasteiger partial charge >= 0.3 is 0 Å². The zero-order valence-electron chi connectivity index (χ0n) is 23.2. The van der Waals surface area contributed by atoms with Gasteiger partial charge < -0.3 is 10.6 Å². The van der Waals surface area contributed by atoms with Crippen molar-refractivity contribution in [1.82, 2.24) is 40.0 Å². The maximum Gasteiger partial charge on any atom is 0.166 e. The second kappa shape index (κ2) is 10.4. The van der Waals surface area contributed by atoms with Gasteiger partial charge in [-0.3, -0.25) is 9.36 Å². The Bertz CT molecular complexity index is 1770. The lowest BCUT2D eigenvalue weighted by molar-refractivity contribution is 0.778. The van der Waals surface area contributed by atoms with Crippen molar-refractivity contribution in [3.05, 3.63) is 22.5 Å². The highest BCUT2D eigenvalue weighted by Crippen LogP contribution is 2.39. The lowest BCUT2D eigenvalue weighted by Crippen LogP contribution is -2.05. The van der Waals surface area contributed by atoms with Crippen molar-refractivity contribution in [2.75, 3.05) is 23.7 Å². The van der Waals surface area contributed by atoms with Crippen LogP contribution in [0.2, 0.25) is 0 Å². The Balaban J connectivity index is 0.000000155. The van der Waals surface area contributed by atoms with Crippen LogP contribution in [0.3, 0.4) is 0 Å². The van der Waals surface area contributed by atoms with Gasteiger partial charge in [-0.05, 0) is 51.7 Å². The number of aryl methyl sites for hydroxylation is 6. The molecule has 0 atom stereocenters. The quantitative estimate of drug-likeness (QED) is 0.258. The summed E-state index contributed by atoms with van der Waals surface area (Å²) in [5, 5.41) is 35.4. The first-order valence-electron chi connectivity index (χ1n) is 12.9. The Morgan fingerprint density at radius 2 is 1.26 bits per heavy atom. The van der Waals surface area contributed by atoms with Gasteiger partial charge in [-0.25, -0.2) is 0 Å². The van der Waals surface area contributed by atoms with Crippen molar-refractivity contribution in [3.63, 3.8) is 0 Å². The third-order valence-corrected chi connectivity index (χ3v) is 8.95. The molecule has 12 heteroatoms. The molecule has 0 unspecified atom stereocenters. The third-order valence-electron chi connectivity index (χ3n) is 6.81. The first-order chi connectivity index (χ1) is 18.3. The SMILES string of the molecule is CCCNc1c2sc3nnc(C)c(C)c3c2nn1C.CCCNc1nn(C)c2c1sc1nnc(C)c(C)c12. The number of hydrogen-bond donors (Lipinski definition) is 2. The fourth-order valence-corrected chi connectivity index (χ4v) is 6.84. The van der Waals surface area contributed by atoms with Crippen molar-refractivity contribution in [1.29, 1.82) is 0 Å². The summed E-state index contributed by atoms with van der Waals surface area (Å²) in [6.45, 7) is 14.4. The molecule has 0 amide bonds. The predicted molar refractivity (Wildman–Crippen MR) is 160 cm³/mol. The molecule has 0 fully saturated rings. The van der Waals surface area contributed by atoms with Gasteiger partial charge in [-0.15, -0.1) is 32.9 Å². The molecule has 6 aromatic heterocycles. The van der Waals surface area contributed by atoms with Crippen LogP contribution >= 0.6 is 22.7 Å². The molecule has 38 heavy (non-hydrogen) atoms. The average molecular weight is 551 g/mol. The lowest BCUT2D eigenvalue weighted by Gasteiger charge is -2.03. The van der Waals surface area contributed by atoms with E-state index in [0.29, 0.717) is 0 Å². The van der Waals surface area contributed by atoms with E-state index in [2.05, 4.69) is 68.9 Å². The Morgan fingerprint density at radius 3 is 1.92 bits per heavy atom. The van der Waals surface area contributed by atoms with Gasteiger partial charge in [0.2, 0.25) is 0 Å². The number of hydrogen-bond acceptors (Lipinski definition) is 10. The molecule has 200 valence electrons. The summed E-state index contributed by atoms with van der Waals surface area (Å²) in [7, 11) is 3.97. The van der Waals surface area contributed by atoms with Gasteiger partial charge in [-0.2, -0.15) is 20.4 Å². The van der Waals surface area contributed by atoms with Gasteiger partial charge in [0.05, 0.1) is 26.3 Å². The average Bonchev–Trinajstić information content (AvgIpc) is 3.61. The highest BCUT2D eigenvalue weighted by molar-refractivity contribution is 7.26. The molecule has 0 aliphatic heterocycles. The largest absolute Gasteiger partial charge is 0.369 e. The highest BCUT2D eigenvalue weighted by atomic mass is 32.1. The first-order valence-corrected chi connectivity index (χ1v) is 14.6. The van der Waals surface area contributed by atoms with Crippen LogP contribution in [0, 0.1) is 27.7 Å². The number of anilines is 2. The molecule has 0 bridgehead atoms. The normalized spacial score (nSPS) is 11.6. The molecule has 0 radical (unpaired) electrons. The fourth-order valence-electron chi connectivity index (χ4n) is 4.51. The third kappa shape index (κ3) is 4.35. The van der Waals surface area contributed by atoms with Crippen molar-refractivity contribution in [2.24, 2.45) is 14.1 Å². The monoisotopic (exact) mass is 550 g/mol. The predicted octanol–water partition coefficient (Wildman–Crippen LogP) is 6.03. The van der Waals surface area contributed by atoms with Gasteiger partial charge in [-0.1, -0.05) is 13.8 Å². The van der Waals surface area contributed by atoms with E-state index >= 15 is 0 Å². The maximum absolute atomic E-state index is 4.65. The van der Waals surface area contributed by atoms with Crippen LogP contribution in [-0.4, -0.2) is 53.0 Å². The molecule has 0 saturated heterocycles. The molecule has 10 nitrogen and oxygen atoms in total. The van der Waals surface area contributed by atoms with Crippen molar-refractivity contribution < 1.29 is 0 Å². The minimum Gasteiger partial charge on any atom is -0.369 e. The van der Waals surface area contributed by atoms with Gasteiger partial charge in [0.15, 0.2) is 5.82 Å². The highest BCUT2D eigenvalue weighted by Gasteiger charge is 2.19. The number of fused-ring (bicyclic) bond motifs is 6. The fraction of sp³-hybridized carbons (Fsp3) is 0.462. The Labute approximate surface area is 229 Å². The lowest BCUT2D eigenvalue weighted by atomic mass is 10.1. The second-order valence-corrected chi connectivity index (χ2v) is 11.5. The van der Waals surface area contributed by atoms with Gasteiger partial charge in [0, 0.05) is 38.0 Å². The first kappa shape index (κ1) is 26.2.